The van der Waals surface area contributed by atoms with Gasteiger partial charge in [0.15, 0.2) is 0 Å². The number of aliphatic hydroxyl groups is 1. The van der Waals surface area contributed by atoms with Crippen LogP contribution < -0.4 is 0 Å². The van der Waals surface area contributed by atoms with Gasteiger partial charge >= 0.3 is 0 Å². The van der Waals surface area contributed by atoms with Crippen molar-refractivity contribution in [2.24, 2.45) is 0 Å². The normalized spacial score (nSPS) is 42.5. The van der Waals surface area contributed by atoms with E-state index >= 15 is 0 Å². The Kier molecular flexibility index (Phi) is 4.47. The van der Waals surface area contributed by atoms with Crippen LogP contribution in [-0.2, 0) is 4.74 Å². The third kappa shape index (κ3) is 2.40. The predicted octanol–water partition coefficient (Wildman–Crippen LogP) is 3.18. The van der Waals surface area contributed by atoms with E-state index in [0.717, 1.165) is 6.42 Å². The van der Waals surface area contributed by atoms with Gasteiger partial charge in [-0.1, -0.05) is 47.0 Å². The number of allylic oxidation sites excluding steroid dienone is 1. The van der Waals surface area contributed by atoms with E-state index in [4.69, 9.17) is 22.8 Å². The van der Waals surface area contributed by atoms with Crippen LogP contribution in [0, 0.1) is 12.3 Å². The molecule has 0 amide bonds. The Balaban J connectivity index is 2.26. The molecule has 1 aliphatic carbocycles. The highest BCUT2D eigenvalue weighted by Gasteiger charge is 2.63. The zero-order valence-electron chi connectivity index (χ0n) is 10.9. The van der Waals surface area contributed by atoms with Gasteiger partial charge < -0.3 is 9.84 Å². The van der Waals surface area contributed by atoms with Crippen molar-refractivity contribution >= 4 is 27.5 Å². The number of ether oxygens (including phenoxy) is 1. The molecule has 0 spiro atoms. The van der Waals surface area contributed by atoms with Crippen molar-refractivity contribution in [3.05, 3.63) is 24.3 Å². The van der Waals surface area contributed by atoms with Crippen molar-refractivity contribution in [1.29, 1.82) is 0 Å². The fourth-order valence-corrected chi connectivity index (χ4v) is 3.66. The Hall–Kier alpha value is -0.270. The number of fused-ring (bicyclic) bond motifs is 1. The molecule has 19 heavy (non-hydrogen) atoms. The first kappa shape index (κ1) is 15.1. The van der Waals surface area contributed by atoms with Gasteiger partial charge in [0.05, 0.1) is 11.0 Å². The fourth-order valence-electron chi connectivity index (χ4n) is 2.90. The second-order valence-electron chi connectivity index (χ2n) is 5.11. The summed E-state index contributed by atoms with van der Waals surface area (Å²) < 4.78 is 6.18. The summed E-state index contributed by atoms with van der Waals surface area (Å²) in [5.41, 5.74) is -0.798. The molecule has 5 atom stereocenters. The van der Waals surface area contributed by atoms with Gasteiger partial charge in [0.2, 0.25) is 0 Å². The smallest absolute Gasteiger partial charge is 0.124 e. The summed E-state index contributed by atoms with van der Waals surface area (Å²) in [5, 5.41) is 10.3. The zero-order valence-corrected chi connectivity index (χ0v) is 13.2. The summed E-state index contributed by atoms with van der Waals surface area (Å²) in [4.78, 5) is -0.417. The topological polar surface area (TPSA) is 29.5 Å². The minimum absolute atomic E-state index is 0.00124. The summed E-state index contributed by atoms with van der Waals surface area (Å²) in [6.07, 6.45) is 13.7. The van der Waals surface area contributed by atoms with Gasteiger partial charge in [0.25, 0.3) is 0 Å². The summed E-state index contributed by atoms with van der Waals surface area (Å²) in [6, 6.07) is 0. The van der Waals surface area contributed by atoms with Crippen molar-refractivity contribution in [3.63, 3.8) is 0 Å². The summed E-state index contributed by atoms with van der Waals surface area (Å²) in [5.74, 6) is 2.45. The van der Waals surface area contributed by atoms with E-state index < -0.39 is 16.6 Å². The molecule has 0 bridgehead atoms. The molecule has 2 rings (SSSR count). The number of rotatable bonds is 4. The molecule has 1 saturated heterocycles. The van der Waals surface area contributed by atoms with E-state index in [1.807, 2.05) is 12.2 Å². The molecule has 0 aromatic carbocycles. The van der Waals surface area contributed by atoms with Gasteiger partial charge in [0, 0.05) is 17.7 Å². The van der Waals surface area contributed by atoms with Crippen LogP contribution in [0.1, 0.15) is 26.2 Å². The maximum Gasteiger partial charge on any atom is 0.124 e. The third-order valence-electron chi connectivity index (χ3n) is 4.01. The Morgan fingerprint density at radius 3 is 3.11 bits per heavy atom. The minimum Gasteiger partial charge on any atom is -0.386 e. The van der Waals surface area contributed by atoms with Crippen LogP contribution in [0.2, 0.25) is 0 Å². The lowest BCUT2D eigenvalue weighted by molar-refractivity contribution is -0.0974. The molecule has 104 valence electrons. The van der Waals surface area contributed by atoms with E-state index in [1.165, 1.54) is 0 Å². The number of aliphatic hydroxyl groups excluding tert-OH is 1. The lowest BCUT2D eigenvalue weighted by atomic mass is 9.84. The number of halogens is 2. The van der Waals surface area contributed by atoms with Crippen LogP contribution >= 0.6 is 27.5 Å². The first-order valence-corrected chi connectivity index (χ1v) is 7.78. The molecular formula is C15H18BrClO2. The van der Waals surface area contributed by atoms with E-state index in [2.05, 4.69) is 28.8 Å². The van der Waals surface area contributed by atoms with E-state index in [1.54, 1.807) is 12.2 Å². The molecule has 5 unspecified atom stereocenters. The molecule has 1 N–H and O–H groups in total. The average molecular weight is 346 g/mol. The van der Waals surface area contributed by atoms with Crippen LogP contribution in [0.4, 0.5) is 0 Å². The first-order valence-electron chi connectivity index (χ1n) is 6.48. The summed E-state index contributed by atoms with van der Waals surface area (Å²) in [7, 11) is 0. The summed E-state index contributed by atoms with van der Waals surface area (Å²) in [6.45, 7) is 2.09. The van der Waals surface area contributed by atoms with E-state index in [0.29, 0.717) is 12.8 Å². The standard InChI is InChI=1S/C15H18BrClO2/c1-3-5-6-8-15-13(18)7-9-14(15,17)10-12(19-15)11(16)4-2/h1,5-7,9,11-13,18H,4,8,10H2,2H3/b6-5+. The van der Waals surface area contributed by atoms with Gasteiger partial charge in [-0.2, -0.15) is 0 Å². The second kappa shape index (κ2) is 5.61. The van der Waals surface area contributed by atoms with Crippen molar-refractivity contribution < 1.29 is 9.84 Å². The lowest BCUT2D eigenvalue weighted by Crippen LogP contribution is -2.50. The Morgan fingerprint density at radius 1 is 1.74 bits per heavy atom. The zero-order chi connectivity index (χ0) is 14.1. The van der Waals surface area contributed by atoms with Gasteiger partial charge in [-0.25, -0.2) is 0 Å². The molecule has 1 fully saturated rings. The largest absolute Gasteiger partial charge is 0.386 e. The van der Waals surface area contributed by atoms with Gasteiger partial charge in [-0.05, 0) is 12.5 Å². The molecule has 2 nitrogen and oxygen atoms in total. The lowest BCUT2D eigenvalue weighted by Gasteiger charge is -2.36. The second-order valence-corrected chi connectivity index (χ2v) is 6.96. The highest BCUT2D eigenvalue weighted by molar-refractivity contribution is 9.09. The van der Waals surface area contributed by atoms with Crippen molar-refractivity contribution in [1.82, 2.24) is 0 Å². The van der Waals surface area contributed by atoms with Crippen LogP contribution in [0.3, 0.4) is 0 Å². The SMILES string of the molecule is C#C/C=C/CC12OC(C(Br)CC)CC1(Cl)C=CC2O. The van der Waals surface area contributed by atoms with Gasteiger partial charge in [0.1, 0.15) is 11.7 Å². The molecule has 1 aliphatic heterocycles. The molecule has 2 aliphatic rings. The molecule has 1 heterocycles. The maximum atomic E-state index is 10.3. The monoisotopic (exact) mass is 344 g/mol. The fraction of sp³-hybridized carbons (Fsp3) is 0.600. The Morgan fingerprint density at radius 2 is 2.47 bits per heavy atom. The van der Waals surface area contributed by atoms with Crippen molar-refractivity contribution in [2.45, 2.75) is 53.7 Å². The van der Waals surface area contributed by atoms with Crippen LogP contribution in [0.15, 0.2) is 24.3 Å². The van der Waals surface area contributed by atoms with Crippen LogP contribution in [0.25, 0.3) is 0 Å². The molecule has 0 aromatic rings. The predicted molar refractivity (Wildman–Crippen MR) is 81.5 cm³/mol. The highest BCUT2D eigenvalue weighted by Crippen LogP contribution is 2.54. The van der Waals surface area contributed by atoms with Crippen LogP contribution in [0.5, 0.6) is 0 Å². The number of alkyl halides is 2. The third-order valence-corrected chi connectivity index (χ3v) is 5.85. The first-order chi connectivity index (χ1) is 8.99. The number of terminal acetylenes is 1. The number of hydrogen-bond acceptors (Lipinski definition) is 2. The highest BCUT2D eigenvalue weighted by atomic mass is 79.9. The van der Waals surface area contributed by atoms with E-state index in [9.17, 15) is 5.11 Å². The van der Waals surface area contributed by atoms with Gasteiger partial charge in [-0.3, -0.25) is 0 Å². The maximum absolute atomic E-state index is 10.3. The molecular weight excluding hydrogens is 328 g/mol. The van der Waals surface area contributed by atoms with Gasteiger partial charge in [-0.15, -0.1) is 18.0 Å². The van der Waals surface area contributed by atoms with Crippen molar-refractivity contribution in [2.75, 3.05) is 0 Å². The number of hydrogen-bond donors (Lipinski definition) is 1. The van der Waals surface area contributed by atoms with E-state index in [-0.39, 0.29) is 10.9 Å². The molecule has 4 heteroatoms. The molecule has 0 radical (unpaired) electrons. The minimum atomic E-state index is -0.798. The quantitative estimate of drug-likeness (QED) is 0.482. The Bertz CT molecular complexity index is 442. The van der Waals surface area contributed by atoms with Crippen LogP contribution in [-0.4, -0.2) is 32.6 Å². The van der Waals surface area contributed by atoms with Crippen molar-refractivity contribution in [3.8, 4) is 12.3 Å². The average Bonchev–Trinajstić information content (AvgIpc) is 2.81. The Labute approximate surface area is 128 Å². The molecule has 0 aromatic heterocycles. The molecule has 0 saturated carbocycles. The summed E-state index contributed by atoms with van der Waals surface area (Å²) >= 11 is 10.3.